The van der Waals surface area contributed by atoms with Gasteiger partial charge in [-0.05, 0) is 35.9 Å². The molecule has 0 unspecified atom stereocenters. The molecule has 0 N–H and O–H groups in total. The van der Waals surface area contributed by atoms with Gasteiger partial charge in [-0.15, -0.1) is 5.10 Å². The van der Waals surface area contributed by atoms with Crippen molar-refractivity contribution >= 4 is 5.91 Å². The van der Waals surface area contributed by atoms with Crippen LogP contribution in [0.4, 0.5) is 0 Å². The second kappa shape index (κ2) is 6.87. The maximum Gasteiger partial charge on any atom is 0.224 e. The smallest absolute Gasteiger partial charge is 0.224 e. The summed E-state index contributed by atoms with van der Waals surface area (Å²) in [6, 6.07) is 6.59. The number of tetrazole rings is 1. The summed E-state index contributed by atoms with van der Waals surface area (Å²) in [6.45, 7) is 6.42. The van der Waals surface area contributed by atoms with Gasteiger partial charge in [0.2, 0.25) is 5.91 Å². The minimum atomic E-state index is 0.213. The fourth-order valence-corrected chi connectivity index (χ4v) is 3.92. The Kier molecular flexibility index (Phi) is 4.44. The van der Waals surface area contributed by atoms with Gasteiger partial charge in [-0.2, -0.15) is 0 Å². The number of rotatable bonds is 5. The van der Waals surface area contributed by atoms with Crippen molar-refractivity contribution in [3.05, 3.63) is 35.9 Å². The predicted octanol–water partition coefficient (Wildman–Crippen LogP) is 0.500. The van der Waals surface area contributed by atoms with Crippen molar-refractivity contribution in [3.8, 4) is 0 Å². The number of fused-ring (bicyclic) bond motifs is 1. The normalized spacial score (nSPS) is 23.2. The van der Waals surface area contributed by atoms with E-state index in [1.165, 1.54) is 0 Å². The molecule has 2 aromatic heterocycles. The van der Waals surface area contributed by atoms with Gasteiger partial charge in [-0.1, -0.05) is 6.07 Å². The Morgan fingerprint density at radius 1 is 1.32 bits per heavy atom. The van der Waals surface area contributed by atoms with Crippen LogP contribution >= 0.6 is 0 Å². The van der Waals surface area contributed by atoms with Gasteiger partial charge in [0.25, 0.3) is 0 Å². The second-order valence-electron chi connectivity index (χ2n) is 6.99. The first-order chi connectivity index (χ1) is 12.2. The molecular formula is C17H23N7O. The first-order valence-corrected chi connectivity index (χ1v) is 8.84. The Bertz CT molecular complexity index is 732. The zero-order valence-corrected chi connectivity index (χ0v) is 14.5. The van der Waals surface area contributed by atoms with E-state index in [0.717, 1.165) is 44.0 Å². The van der Waals surface area contributed by atoms with Crippen LogP contribution in [0, 0.1) is 12.8 Å². The zero-order chi connectivity index (χ0) is 17.2. The summed E-state index contributed by atoms with van der Waals surface area (Å²) in [4.78, 5) is 21.5. The summed E-state index contributed by atoms with van der Waals surface area (Å²) >= 11 is 0. The standard InChI is InChI=1S/C17H23N7O/c1-13-3-2-4-15(19-13)11-22-7-5-16-14(9-22)10-24(16)17(25)6-8-23-12-18-20-21-23/h2-4,12,14,16H,5-11H2,1H3/t14-,16-/m0/s1. The van der Waals surface area contributed by atoms with E-state index in [1.54, 1.807) is 11.0 Å². The molecule has 8 nitrogen and oxygen atoms in total. The predicted molar refractivity (Wildman–Crippen MR) is 90.3 cm³/mol. The third-order valence-electron chi connectivity index (χ3n) is 5.21. The van der Waals surface area contributed by atoms with E-state index in [0.29, 0.717) is 24.9 Å². The molecule has 1 amide bonds. The molecule has 2 saturated heterocycles. The number of likely N-dealkylation sites (tertiary alicyclic amines) is 2. The van der Waals surface area contributed by atoms with E-state index >= 15 is 0 Å². The number of amides is 1. The van der Waals surface area contributed by atoms with Crippen molar-refractivity contribution in [2.75, 3.05) is 19.6 Å². The number of aryl methyl sites for hydroxylation is 2. The summed E-state index contributed by atoms with van der Waals surface area (Å²) < 4.78 is 1.60. The molecule has 2 atom stereocenters. The minimum absolute atomic E-state index is 0.213. The highest BCUT2D eigenvalue weighted by Crippen LogP contribution is 2.33. The molecule has 25 heavy (non-hydrogen) atoms. The van der Waals surface area contributed by atoms with Crippen molar-refractivity contribution < 1.29 is 4.79 Å². The van der Waals surface area contributed by atoms with Gasteiger partial charge in [0.1, 0.15) is 6.33 Å². The molecule has 0 bridgehead atoms. The van der Waals surface area contributed by atoms with Crippen LogP contribution in [0.25, 0.3) is 0 Å². The van der Waals surface area contributed by atoms with Crippen molar-refractivity contribution in [1.29, 1.82) is 0 Å². The van der Waals surface area contributed by atoms with Crippen LogP contribution in [-0.4, -0.2) is 66.6 Å². The molecule has 2 fully saturated rings. The Labute approximate surface area is 146 Å². The average molecular weight is 341 g/mol. The molecule has 0 radical (unpaired) electrons. The number of nitrogens with zero attached hydrogens (tertiary/aromatic N) is 7. The fraction of sp³-hybridized carbons (Fsp3) is 0.588. The van der Waals surface area contributed by atoms with Crippen LogP contribution in [0.5, 0.6) is 0 Å². The number of carbonyl (C=O) groups is 1. The largest absolute Gasteiger partial charge is 0.339 e. The highest BCUT2D eigenvalue weighted by molar-refractivity contribution is 5.77. The van der Waals surface area contributed by atoms with Crippen LogP contribution in [-0.2, 0) is 17.9 Å². The summed E-state index contributed by atoms with van der Waals surface area (Å²) in [7, 11) is 0. The fourth-order valence-electron chi connectivity index (χ4n) is 3.92. The van der Waals surface area contributed by atoms with E-state index in [-0.39, 0.29) is 5.91 Å². The SMILES string of the molecule is Cc1cccc(CN2CC[C@H]3[C@@H](C2)CN3C(=O)CCn2cnnn2)n1. The second-order valence-corrected chi connectivity index (χ2v) is 6.99. The molecule has 0 spiro atoms. The topological polar surface area (TPSA) is 80.0 Å². The van der Waals surface area contributed by atoms with Gasteiger partial charge >= 0.3 is 0 Å². The zero-order valence-electron chi connectivity index (χ0n) is 14.5. The molecule has 8 heteroatoms. The molecular weight excluding hydrogens is 318 g/mol. The van der Waals surface area contributed by atoms with Crippen molar-refractivity contribution in [1.82, 2.24) is 35.0 Å². The van der Waals surface area contributed by atoms with Crippen molar-refractivity contribution in [2.45, 2.75) is 38.9 Å². The molecule has 132 valence electrons. The summed E-state index contributed by atoms with van der Waals surface area (Å²) in [6.07, 6.45) is 3.06. The lowest BCUT2D eigenvalue weighted by Crippen LogP contribution is -2.64. The minimum Gasteiger partial charge on any atom is -0.339 e. The third-order valence-corrected chi connectivity index (χ3v) is 5.21. The van der Waals surface area contributed by atoms with Crippen LogP contribution in [0.3, 0.4) is 0 Å². The number of hydrogen-bond donors (Lipinski definition) is 0. The van der Waals surface area contributed by atoms with Gasteiger partial charge < -0.3 is 4.90 Å². The number of pyridine rings is 1. The maximum absolute atomic E-state index is 12.4. The van der Waals surface area contributed by atoms with Crippen LogP contribution < -0.4 is 0 Å². The Balaban J connectivity index is 1.26. The lowest BCUT2D eigenvalue weighted by Gasteiger charge is -2.53. The molecule has 2 aromatic rings. The molecule has 2 aliphatic rings. The molecule has 4 rings (SSSR count). The highest BCUT2D eigenvalue weighted by Gasteiger charge is 2.44. The van der Waals surface area contributed by atoms with Gasteiger partial charge in [0.15, 0.2) is 0 Å². The van der Waals surface area contributed by atoms with Gasteiger partial charge in [-0.3, -0.25) is 14.7 Å². The maximum atomic E-state index is 12.4. The van der Waals surface area contributed by atoms with E-state index < -0.39 is 0 Å². The van der Waals surface area contributed by atoms with Gasteiger partial charge in [-0.25, -0.2) is 4.68 Å². The number of aromatic nitrogens is 5. The summed E-state index contributed by atoms with van der Waals surface area (Å²) in [5.74, 6) is 0.807. The van der Waals surface area contributed by atoms with Crippen molar-refractivity contribution in [3.63, 3.8) is 0 Å². The van der Waals surface area contributed by atoms with Crippen LogP contribution in [0.15, 0.2) is 24.5 Å². The Morgan fingerprint density at radius 2 is 2.24 bits per heavy atom. The van der Waals surface area contributed by atoms with E-state index in [9.17, 15) is 4.79 Å². The van der Waals surface area contributed by atoms with Crippen molar-refractivity contribution in [2.24, 2.45) is 5.92 Å². The Hall–Kier alpha value is -2.35. The molecule has 0 saturated carbocycles. The number of piperidine rings is 1. The lowest BCUT2D eigenvalue weighted by molar-refractivity contribution is -0.148. The van der Waals surface area contributed by atoms with Gasteiger partial charge in [0.05, 0.1) is 12.2 Å². The lowest BCUT2D eigenvalue weighted by atomic mass is 9.82. The first-order valence-electron chi connectivity index (χ1n) is 8.84. The Morgan fingerprint density at radius 3 is 3.00 bits per heavy atom. The van der Waals surface area contributed by atoms with Crippen LogP contribution in [0.2, 0.25) is 0 Å². The quantitative estimate of drug-likeness (QED) is 0.788. The molecule has 4 heterocycles. The number of carbonyl (C=O) groups excluding carboxylic acids is 1. The average Bonchev–Trinajstić information content (AvgIpc) is 3.08. The van der Waals surface area contributed by atoms with E-state index in [1.807, 2.05) is 17.9 Å². The van der Waals surface area contributed by atoms with Gasteiger partial charge in [0, 0.05) is 50.3 Å². The molecule has 0 aromatic carbocycles. The first kappa shape index (κ1) is 16.1. The molecule has 0 aliphatic carbocycles. The molecule has 2 aliphatic heterocycles. The third kappa shape index (κ3) is 3.53. The van der Waals surface area contributed by atoms with E-state index in [2.05, 4.69) is 37.5 Å². The monoisotopic (exact) mass is 341 g/mol. The highest BCUT2D eigenvalue weighted by atomic mass is 16.2. The summed E-state index contributed by atoms with van der Waals surface area (Å²) in [5.41, 5.74) is 2.20. The van der Waals surface area contributed by atoms with Crippen LogP contribution in [0.1, 0.15) is 24.2 Å². The number of hydrogen-bond acceptors (Lipinski definition) is 6. The summed E-state index contributed by atoms with van der Waals surface area (Å²) in [5, 5.41) is 11.0. The van der Waals surface area contributed by atoms with E-state index in [4.69, 9.17) is 0 Å².